The summed E-state index contributed by atoms with van der Waals surface area (Å²) in [7, 11) is 0. The molecule has 0 aliphatic carbocycles. The van der Waals surface area contributed by atoms with E-state index < -0.39 is 18.2 Å². The van der Waals surface area contributed by atoms with Gasteiger partial charge in [0.2, 0.25) is 0 Å². The van der Waals surface area contributed by atoms with E-state index in [-0.39, 0.29) is 5.69 Å². The minimum Gasteiger partial charge on any atom is -0.432 e. The average molecular weight is 262 g/mol. The molecule has 1 heterocycles. The summed E-state index contributed by atoms with van der Waals surface area (Å²) < 4.78 is 46.9. The monoisotopic (exact) mass is 262 g/mol. The van der Waals surface area contributed by atoms with Crippen LogP contribution in [0.2, 0.25) is 0 Å². The first-order chi connectivity index (χ1) is 8.58. The Morgan fingerprint density at radius 1 is 1.28 bits per heavy atom. The molecule has 0 spiro atoms. The third-order valence-corrected chi connectivity index (χ3v) is 2.65. The molecule has 2 N–H and O–H groups in total. The Kier molecular flexibility index (Phi) is 3.81. The molecule has 1 saturated heterocycles. The van der Waals surface area contributed by atoms with Crippen molar-refractivity contribution in [3.8, 4) is 5.75 Å². The zero-order valence-electron chi connectivity index (χ0n) is 9.54. The van der Waals surface area contributed by atoms with Crippen molar-refractivity contribution in [2.75, 3.05) is 36.9 Å². The summed E-state index contributed by atoms with van der Waals surface area (Å²) >= 11 is 0. The van der Waals surface area contributed by atoms with Crippen LogP contribution in [0.3, 0.4) is 0 Å². The second kappa shape index (κ2) is 5.34. The lowest BCUT2D eigenvalue weighted by Crippen LogP contribution is -2.36. The van der Waals surface area contributed by atoms with Crippen LogP contribution in [0.25, 0.3) is 0 Å². The molecule has 4 nitrogen and oxygen atoms in total. The number of anilines is 2. The molecular formula is C11H13F3N2O2. The van der Waals surface area contributed by atoms with Gasteiger partial charge in [-0.15, -0.1) is 0 Å². The molecule has 1 aliphatic rings. The maximum atomic E-state index is 13.4. The number of nitrogens with zero attached hydrogens (tertiary/aromatic N) is 1. The highest BCUT2D eigenvalue weighted by molar-refractivity contribution is 5.70. The normalized spacial score (nSPS) is 16.1. The molecule has 1 aliphatic heterocycles. The summed E-state index contributed by atoms with van der Waals surface area (Å²) in [6.07, 6.45) is 0. The van der Waals surface area contributed by atoms with Crippen LogP contribution in [0, 0.1) is 5.82 Å². The first-order valence-electron chi connectivity index (χ1n) is 5.44. The van der Waals surface area contributed by atoms with Gasteiger partial charge in [-0.25, -0.2) is 4.39 Å². The van der Waals surface area contributed by atoms with Crippen molar-refractivity contribution in [2.24, 2.45) is 0 Å². The van der Waals surface area contributed by atoms with Crippen molar-refractivity contribution < 1.29 is 22.6 Å². The van der Waals surface area contributed by atoms with Crippen LogP contribution >= 0.6 is 0 Å². The predicted molar refractivity (Wildman–Crippen MR) is 60.5 cm³/mol. The molecule has 0 saturated carbocycles. The second-order valence-electron chi connectivity index (χ2n) is 3.82. The molecule has 2 rings (SSSR count). The lowest BCUT2D eigenvalue weighted by molar-refractivity contribution is -0.0521. The molecule has 1 aromatic rings. The maximum absolute atomic E-state index is 13.4. The van der Waals surface area contributed by atoms with E-state index >= 15 is 0 Å². The lowest BCUT2D eigenvalue weighted by atomic mass is 10.2. The van der Waals surface area contributed by atoms with Gasteiger partial charge in [-0.1, -0.05) is 0 Å². The van der Waals surface area contributed by atoms with Crippen LogP contribution in [-0.2, 0) is 4.74 Å². The number of hydrogen-bond acceptors (Lipinski definition) is 4. The maximum Gasteiger partial charge on any atom is 0.387 e. The number of nitrogens with two attached hydrogens (primary N) is 1. The van der Waals surface area contributed by atoms with E-state index in [4.69, 9.17) is 10.5 Å². The van der Waals surface area contributed by atoms with Crippen LogP contribution in [0.15, 0.2) is 12.1 Å². The van der Waals surface area contributed by atoms with Crippen LogP contribution in [-0.4, -0.2) is 32.9 Å². The van der Waals surface area contributed by atoms with Crippen molar-refractivity contribution in [1.82, 2.24) is 0 Å². The highest BCUT2D eigenvalue weighted by Crippen LogP contribution is 2.32. The molecule has 18 heavy (non-hydrogen) atoms. The van der Waals surface area contributed by atoms with Gasteiger partial charge in [-0.05, 0) is 0 Å². The lowest BCUT2D eigenvalue weighted by Gasteiger charge is -2.30. The number of ether oxygens (including phenoxy) is 2. The van der Waals surface area contributed by atoms with Gasteiger partial charge in [0.15, 0.2) is 11.6 Å². The van der Waals surface area contributed by atoms with Crippen molar-refractivity contribution in [3.63, 3.8) is 0 Å². The fraction of sp³-hybridized carbons (Fsp3) is 0.455. The largest absolute Gasteiger partial charge is 0.432 e. The smallest absolute Gasteiger partial charge is 0.387 e. The molecule has 0 amide bonds. The summed E-state index contributed by atoms with van der Waals surface area (Å²) in [6, 6.07) is 2.19. The molecule has 0 aromatic heterocycles. The number of rotatable bonds is 3. The minimum absolute atomic E-state index is 0.191. The van der Waals surface area contributed by atoms with Crippen LogP contribution in [0.5, 0.6) is 5.75 Å². The topological polar surface area (TPSA) is 47.7 Å². The number of morpholine rings is 1. The van der Waals surface area contributed by atoms with Gasteiger partial charge in [0, 0.05) is 25.2 Å². The highest BCUT2D eigenvalue weighted by atomic mass is 19.3. The Hall–Kier alpha value is -1.63. The zero-order chi connectivity index (χ0) is 13.1. The number of hydrogen-bond donors (Lipinski definition) is 1. The van der Waals surface area contributed by atoms with Gasteiger partial charge in [0.05, 0.1) is 24.6 Å². The van der Waals surface area contributed by atoms with Crippen LogP contribution in [0.1, 0.15) is 0 Å². The van der Waals surface area contributed by atoms with E-state index in [1.165, 1.54) is 6.07 Å². The molecule has 7 heteroatoms. The van der Waals surface area contributed by atoms with Crippen molar-refractivity contribution in [1.29, 1.82) is 0 Å². The first-order valence-corrected chi connectivity index (χ1v) is 5.44. The average Bonchev–Trinajstić information content (AvgIpc) is 2.33. The minimum atomic E-state index is -3.07. The Morgan fingerprint density at radius 3 is 2.56 bits per heavy atom. The summed E-state index contributed by atoms with van der Waals surface area (Å²) in [6.45, 7) is -0.891. The van der Waals surface area contributed by atoms with Crippen molar-refractivity contribution >= 4 is 11.4 Å². The second-order valence-corrected chi connectivity index (χ2v) is 3.82. The fourth-order valence-electron chi connectivity index (χ4n) is 1.82. The molecule has 100 valence electrons. The third-order valence-electron chi connectivity index (χ3n) is 2.65. The number of alkyl halides is 2. The number of benzene rings is 1. The van der Waals surface area contributed by atoms with Gasteiger partial charge in [-0.2, -0.15) is 8.78 Å². The van der Waals surface area contributed by atoms with Gasteiger partial charge < -0.3 is 20.1 Å². The molecule has 0 atom stereocenters. The predicted octanol–water partition coefficient (Wildman–Crippen LogP) is 1.85. The third kappa shape index (κ3) is 2.79. The Bertz CT molecular complexity index is 423. The first kappa shape index (κ1) is 12.8. The number of nitrogen functional groups attached to an aromatic ring is 1. The summed E-state index contributed by atoms with van der Waals surface area (Å²) in [5.41, 5.74) is 6.36. The SMILES string of the molecule is Nc1cc(F)c(OC(F)F)cc1N1CCOCC1. The van der Waals surface area contributed by atoms with Crippen LogP contribution < -0.4 is 15.4 Å². The molecule has 0 unspecified atom stereocenters. The molecule has 1 aromatic carbocycles. The Balaban J connectivity index is 2.28. The summed E-state index contributed by atoms with van der Waals surface area (Å²) in [5.74, 6) is -1.40. The van der Waals surface area contributed by atoms with Gasteiger partial charge in [0.1, 0.15) is 0 Å². The van der Waals surface area contributed by atoms with Gasteiger partial charge in [-0.3, -0.25) is 0 Å². The summed E-state index contributed by atoms with van der Waals surface area (Å²) in [4.78, 5) is 1.84. The molecule has 1 fully saturated rings. The number of halogens is 3. The van der Waals surface area contributed by atoms with Crippen molar-refractivity contribution in [2.45, 2.75) is 6.61 Å². The van der Waals surface area contributed by atoms with Crippen molar-refractivity contribution in [3.05, 3.63) is 17.9 Å². The van der Waals surface area contributed by atoms with Gasteiger partial charge in [0.25, 0.3) is 0 Å². The van der Waals surface area contributed by atoms with E-state index in [0.717, 1.165) is 6.07 Å². The summed E-state index contributed by atoms with van der Waals surface area (Å²) in [5, 5.41) is 0. The zero-order valence-corrected chi connectivity index (χ0v) is 9.54. The molecule has 0 bridgehead atoms. The Labute approximate surface area is 102 Å². The molecular weight excluding hydrogens is 249 g/mol. The van der Waals surface area contributed by atoms with E-state index in [9.17, 15) is 13.2 Å². The van der Waals surface area contributed by atoms with E-state index in [1.807, 2.05) is 4.90 Å². The van der Waals surface area contributed by atoms with Gasteiger partial charge >= 0.3 is 6.61 Å². The fourth-order valence-corrected chi connectivity index (χ4v) is 1.82. The van der Waals surface area contributed by atoms with E-state index in [2.05, 4.69) is 4.74 Å². The quantitative estimate of drug-likeness (QED) is 0.844. The van der Waals surface area contributed by atoms with E-state index in [1.54, 1.807) is 0 Å². The van der Waals surface area contributed by atoms with E-state index in [0.29, 0.717) is 32.0 Å². The highest BCUT2D eigenvalue weighted by Gasteiger charge is 2.18. The standard InChI is InChI=1S/C11H13F3N2O2/c12-7-5-8(15)9(6-10(7)18-11(13)14)16-1-3-17-4-2-16/h5-6,11H,1-4,15H2. The van der Waals surface area contributed by atoms with Crippen LogP contribution in [0.4, 0.5) is 24.5 Å². The Morgan fingerprint density at radius 2 is 1.94 bits per heavy atom. The molecule has 0 radical (unpaired) electrons.